The maximum absolute atomic E-state index is 14.1. The number of hydrogen-bond donors (Lipinski definition) is 5. The average molecular weight is 706 g/mol. The van der Waals surface area contributed by atoms with Crippen LogP contribution in [0.15, 0.2) is 23.8 Å². The summed E-state index contributed by atoms with van der Waals surface area (Å²) in [5, 5.41) is 31.0. The van der Waals surface area contributed by atoms with E-state index in [9.17, 15) is 29.4 Å². The summed E-state index contributed by atoms with van der Waals surface area (Å²) in [6.07, 6.45) is 6.90. The quantitative estimate of drug-likeness (QED) is 0.137. The van der Waals surface area contributed by atoms with Crippen molar-refractivity contribution in [3.8, 4) is 0 Å². The fourth-order valence-corrected chi connectivity index (χ4v) is 7.28. The molecule has 12 nitrogen and oxygen atoms in total. The highest BCUT2D eigenvalue weighted by Gasteiger charge is 2.42. The van der Waals surface area contributed by atoms with Crippen LogP contribution in [-0.2, 0) is 23.9 Å². The molecular weight excluding hydrogens is 638 g/mol. The summed E-state index contributed by atoms with van der Waals surface area (Å²) in [5.74, 6) is -2.12. The van der Waals surface area contributed by atoms with Gasteiger partial charge in [-0.2, -0.15) is 0 Å². The molecule has 5 N–H and O–H groups in total. The Labute approximate surface area is 300 Å². The second-order valence-electron chi connectivity index (χ2n) is 15.0. The molecule has 1 saturated heterocycles. The number of likely N-dealkylation sites (N-methyl/N-ethyl adjacent to an activating group) is 2. The zero-order valence-corrected chi connectivity index (χ0v) is 32.4. The summed E-state index contributed by atoms with van der Waals surface area (Å²) in [5.41, 5.74) is 0.763. The summed E-state index contributed by atoms with van der Waals surface area (Å²) >= 11 is 0. The lowest BCUT2D eigenvalue weighted by Crippen LogP contribution is -2.59. The van der Waals surface area contributed by atoms with Gasteiger partial charge in [0.25, 0.3) is 0 Å². The molecule has 10 atom stereocenters. The SMILES string of the molecule is CC[C@H](C)C(C(CC(=O)N1CCC[C@H]1[C@H](O)[C@@H](C)C(=O)N[C@H](C)[C@@H](O)C1=CCCC=C1)OC)N(C)C(=O)C(NC(=O)[C@@H](NC)C(C)C)C(C)C. The van der Waals surface area contributed by atoms with E-state index in [-0.39, 0.29) is 41.9 Å². The van der Waals surface area contributed by atoms with Crippen LogP contribution in [0.25, 0.3) is 0 Å². The molecule has 0 radical (unpaired) electrons. The van der Waals surface area contributed by atoms with Crippen molar-refractivity contribution in [1.29, 1.82) is 0 Å². The van der Waals surface area contributed by atoms with E-state index in [1.165, 1.54) is 7.11 Å². The minimum absolute atomic E-state index is 0.0212. The Morgan fingerprint density at radius 2 is 1.62 bits per heavy atom. The highest BCUT2D eigenvalue weighted by atomic mass is 16.5. The number of carbonyl (C=O) groups excluding carboxylic acids is 4. The van der Waals surface area contributed by atoms with Crippen LogP contribution < -0.4 is 16.0 Å². The average Bonchev–Trinajstić information content (AvgIpc) is 3.59. The summed E-state index contributed by atoms with van der Waals surface area (Å²) in [6.45, 7) is 15.5. The number of nitrogens with one attached hydrogen (secondary N) is 3. The van der Waals surface area contributed by atoms with E-state index in [0.717, 1.165) is 24.8 Å². The van der Waals surface area contributed by atoms with Crippen LogP contribution in [0, 0.1) is 23.7 Å². The third-order valence-electron chi connectivity index (χ3n) is 10.7. The Morgan fingerprint density at radius 1 is 0.980 bits per heavy atom. The number of methoxy groups -OCH3 is 1. The van der Waals surface area contributed by atoms with Gasteiger partial charge >= 0.3 is 0 Å². The zero-order valence-electron chi connectivity index (χ0n) is 32.4. The van der Waals surface area contributed by atoms with Gasteiger partial charge in [-0.15, -0.1) is 0 Å². The van der Waals surface area contributed by atoms with E-state index in [1.54, 1.807) is 37.7 Å². The van der Waals surface area contributed by atoms with Gasteiger partial charge < -0.3 is 40.7 Å². The van der Waals surface area contributed by atoms with E-state index in [0.29, 0.717) is 19.4 Å². The Bertz CT molecular complexity index is 1190. The number of ether oxygens (including phenoxy) is 1. The first-order valence-electron chi connectivity index (χ1n) is 18.6. The van der Waals surface area contributed by atoms with Gasteiger partial charge in [-0.1, -0.05) is 73.1 Å². The topological polar surface area (TPSA) is 161 Å². The third-order valence-corrected chi connectivity index (χ3v) is 10.7. The van der Waals surface area contributed by atoms with E-state index >= 15 is 0 Å². The van der Waals surface area contributed by atoms with Gasteiger partial charge in [-0.25, -0.2) is 0 Å². The lowest BCUT2D eigenvalue weighted by atomic mass is 9.89. The molecule has 0 aromatic carbocycles. The van der Waals surface area contributed by atoms with Crippen molar-refractivity contribution in [1.82, 2.24) is 25.8 Å². The second-order valence-corrected chi connectivity index (χ2v) is 15.0. The van der Waals surface area contributed by atoms with Crippen molar-refractivity contribution in [3.63, 3.8) is 0 Å². The van der Waals surface area contributed by atoms with Crippen molar-refractivity contribution >= 4 is 23.6 Å². The van der Waals surface area contributed by atoms with Crippen LogP contribution in [0.3, 0.4) is 0 Å². The molecule has 0 saturated carbocycles. The van der Waals surface area contributed by atoms with Crippen molar-refractivity contribution in [2.45, 2.75) is 142 Å². The van der Waals surface area contributed by atoms with Crippen LogP contribution in [0.5, 0.6) is 0 Å². The van der Waals surface area contributed by atoms with Gasteiger partial charge in [-0.3, -0.25) is 19.2 Å². The van der Waals surface area contributed by atoms with E-state index < -0.39 is 60.3 Å². The number of nitrogens with zero attached hydrogens (tertiary/aromatic N) is 2. The molecular formula is C38H67N5O7. The number of hydrogen-bond acceptors (Lipinski definition) is 8. The first kappa shape index (κ1) is 43.4. The molecule has 1 fully saturated rings. The number of allylic oxidation sites excluding steroid dienone is 2. The van der Waals surface area contributed by atoms with Crippen LogP contribution in [0.2, 0.25) is 0 Å². The number of likely N-dealkylation sites (tertiary alicyclic amines) is 1. The molecule has 286 valence electrons. The Kier molecular flexibility index (Phi) is 17.6. The van der Waals surface area contributed by atoms with Crippen LogP contribution in [0.4, 0.5) is 0 Å². The predicted molar refractivity (Wildman–Crippen MR) is 196 cm³/mol. The zero-order chi connectivity index (χ0) is 37.9. The van der Waals surface area contributed by atoms with E-state index in [2.05, 4.69) is 16.0 Å². The lowest BCUT2D eigenvalue weighted by Gasteiger charge is -2.40. The summed E-state index contributed by atoms with van der Waals surface area (Å²) in [7, 11) is 4.96. The van der Waals surface area contributed by atoms with Crippen LogP contribution >= 0.6 is 0 Å². The van der Waals surface area contributed by atoms with Crippen molar-refractivity contribution < 1.29 is 34.1 Å². The molecule has 1 heterocycles. The van der Waals surface area contributed by atoms with Crippen LogP contribution in [0.1, 0.15) is 93.9 Å². The van der Waals surface area contributed by atoms with Gasteiger partial charge in [0, 0.05) is 20.7 Å². The monoisotopic (exact) mass is 706 g/mol. The standard InChI is InChI=1S/C38H67N5O7/c1-12-24(6)33(42(10)38(49)32(23(4)5)41-37(48)31(39-9)22(2)3)29(50-11)21-30(44)43-20-16-19-28(43)34(45)25(7)36(47)40-26(8)35(46)27-17-14-13-15-18-27/h14,17-18,22-26,28-29,31-35,39,45-46H,12-13,15-16,19-21H2,1-11H3,(H,40,47)(H,41,48)/t24-,25+,26+,28-,29?,31-,32?,33?,34+,35+/m0/s1. The molecule has 2 aliphatic rings. The van der Waals surface area contributed by atoms with Gasteiger partial charge in [0.15, 0.2) is 0 Å². The predicted octanol–water partition coefficient (Wildman–Crippen LogP) is 2.78. The van der Waals surface area contributed by atoms with Crippen molar-refractivity contribution in [2.24, 2.45) is 23.7 Å². The normalized spacial score (nSPS) is 21.8. The maximum atomic E-state index is 14.1. The Morgan fingerprint density at radius 3 is 2.14 bits per heavy atom. The summed E-state index contributed by atoms with van der Waals surface area (Å²) in [4.78, 5) is 57.7. The van der Waals surface area contributed by atoms with Gasteiger partial charge in [0.1, 0.15) is 6.04 Å². The minimum Gasteiger partial charge on any atom is -0.390 e. The van der Waals surface area contributed by atoms with Crippen molar-refractivity contribution in [3.05, 3.63) is 23.8 Å². The molecule has 4 amide bonds. The van der Waals surface area contributed by atoms with Crippen molar-refractivity contribution in [2.75, 3.05) is 27.7 Å². The van der Waals surface area contributed by atoms with Gasteiger partial charge in [-0.05, 0) is 63.0 Å². The fourth-order valence-electron chi connectivity index (χ4n) is 7.28. The molecule has 0 aromatic rings. The number of rotatable bonds is 19. The lowest BCUT2D eigenvalue weighted by molar-refractivity contribution is -0.147. The largest absolute Gasteiger partial charge is 0.390 e. The second kappa shape index (κ2) is 20.3. The van der Waals surface area contributed by atoms with E-state index in [4.69, 9.17) is 4.74 Å². The molecule has 0 aromatic heterocycles. The molecule has 3 unspecified atom stereocenters. The van der Waals surface area contributed by atoms with Crippen LogP contribution in [-0.4, -0.2) is 120 Å². The Balaban J connectivity index is 2.19. The number of aliphatic hydroxyl groups is 2. The number of carbonyl (C=O) groups is 4. The van der Waals surface area contributed by atoms with Gasteiger partial charge in [0.2, 0.25) is 23.6 Å². The molecule has 1 aliphatic carbocycles. The number of amides is 4. The molecule has 2 rings (SSSR count). The summed E-state index contributed by atoms with van der Waals surface area (Å²) in [6, 6.07) is -2.81. The molecule has 0 spiro atoms. The maximum Gasteiger partial charge on any atom is 0.245 e. The van der Waals surface area contributed by atoms with E-state index in [1.807, 2.05) is 59.8 Å². The first-order valence-corrected chi connectivity index (χ1v) is 18.6. The molecule has 50 heavy (non-hydrogen) atoms. The Hall–Kier alpha value is -2.80. The molecule has 1 aliphatic heterocycles. The fraction of sp³-hybridized carbons (Fsp3) is 0.789. The molecule has 0 bridgehead atoms. The third kappa shape index (κ3) is 11.1. The highest BCUT2D eigenvalue weighted by Crippen LogP contribution is 2.29. The number of aliphatic hydroxyl groups excluding tert-OH is 2. The van der Waals surface area contributed by atoms with Gasteiger partial charge in [0.05, 0.1) is 54.8 Å². The minimum atomic E-state index is -1.11. The first-order chi connectivity index (χ1) is 23.5. The smallest absolute Gasteiger partial charge is 0.245 e. The summed E-state index contributed by atoms with van der Waals surface area (Å²) < 4.78 is 5.94. The highest BCUT2D eigenvalue weighted by molar-refractivity contribution is 5.90. The molecule has 12 heteroatoms.